The molecule has 0 aliphatic rings. The third-order valence-corrected chi connectivity index (χ3v) is 4.91. The van der Waals surface area contributed by atoms with Gasteiger partial charge in [0.25, 0.3) is 0 Å². The smallest absolute Gasteiger partial charge is 0.209 e. The Hall–Kier alpha value is -2.09. The number of tetrazole rings is 1. The Morgan fingerprint density at radius 2 is 2.08 bits per heavy atom. The second-order valence-corrected chi connectivity index (χ2v) is 7.14. The molecule has 26 heavy (non-hydrogen) atoms. The van der Waals surface area contributed by atoms with Crippen LogP contribution in [0.2, 0.25) is 5.02 Å². The first-order valence-electron chi connectivity index (χ1n) is 8.23. The van der Waals surface area contributed by atoms with Gasteiger partial charge >= 0.3 is 0 Å². The van der Waals surface area contributed by atoms with Crippen LogP contribution in [0.25, 0.3) is 0 Å². The molecule has 0 spiro atoms. The van der Waals surface area contributed by atoms with Crippen LogP contribution in [0.1, 0.15) is 11.1 Å². The summed E-state index contributed by atoms with van der Waals surface area (Å²) in [6.07, 6.45) is 0. The highest BCUT2D eigenvalue weighted by Crippen LogP contribution is 2.20. The zero-order valence-corrected chi connectivity index (χ0v) is 16.0. The van der Waals surface area contributed by atoms with Gasteiger partial charge in [-0.3, -0.25) is 0 Å². The minimum atomic E-state index is 0.493. The van der Waals surface area contributed by atoms with E-state index in [0.717, 1.165) is 45.9 Å². The van der Waals surface area contributed by atoms with E-state index >= 15 is 0 Å². The number of halogens is 1. The van der Waals surface area contributed by atoms with Gasteiger partial charge in [-0.05, 0) is 34.2 Å². The van der Waals surface area contributed by atoms with Crippen molar-refractivity contribution in [1.29, 1.82) is 0 Å². The number of aromatic nitrogens is 4. The van der Waals surface area contributed by atoms with Crippen LogP contribution in [0.5, 0.6) is 5.75 Å². The Labute approximate surface area is 161 Å². The summed E-state index contributed by atoms with van der Waals surface area (Å²) in [5.74, 6) is 1.77. The van der Waals surface area contributed by atoms with E-state index in [0.29, 0.717) is 6.61 Å². The molecule has 0 atom stereocenters. The molecule has 1 heterocycles. The monoisotopic (exact) mass is 389 g/mol. The Balaban J connectivity index is 1.47. The highest BCUT2D eigenvalue weighted by molar-refractivity contribution is 7.99. The molecule has 3 aromatic rings. The van der Waals surface area contributed by atoms with Crippen LogP contribution >= 0.6 is 23.4 Å². The van der Waals surface area contributed by atoms with E-state index in [-0.39, 0.29) is 0 Å². The van der Waals surface area contributed by atoms with Gasteiger partial charge < -0.3 is 10.1 Å². The standard InChI is InChI=1S/C18H20ClN5OS/c1-24-18(21-22-23-24)26-10-9-20-12-15-6-2-3-8-17(15)25-13-14-5-4-7-16(19)11-14/h2-8,11,20H,9-10,12-13H2,1H3. The summed E-state index contributed by atoms with van der Waals surface area (Å²) in [5.41, 5.74) is 2.17. The van der Waals surface area contributed by atoms with Crippen molar-refractivity contribution in [3.05, 3.63) is 64.7 Å². The lowest BCUT2D eigenvalue weighted by molar-refractivity contribution is 0.302. The van der Waals surface area contributed by atoms with Gasteiger partial charge in [-0.1, -0.05) is 53.7 Å². The number of nitrogens with one attached hydrogen (secondary N) is 1. The van der Waals surface area contributed by atoms with Crippen LogP contribution in [0.3, 0.4) is 0 Å². The highest BCUT2D eigenvalue weighted by atomic mass is 35.5. The zero-order chi connectivity index (χ0) is 18.2. The molecule has 0 aliphatic heterocycles. The van der Waals surface area contributed by atoms with Crippen molar-refractivity contribution in [2.45, 2.75) is 18.3 Å². The van der Waals surface area contributed by atoms with Gasteiger partial charge in [0.2, 0.25) is 5.16 Å². The largest absolute Gasteiger partial charge is 0.489 e. The summed E-state index contributed by atoms with van der Waals surface area (Å²) in [5, 5.41) is 16.4. The minimum absolute atomic E-state index is 0.493. The van der Waals surface area contributed by atoms with E-state index in [1.54, 1.807) is 16.4 Å². The van der Waals surface area contributed by atoms with E-state index in [4.69, 9.17) is 16.3 Å². The maximum absolute atomic E-state index is 6.02. The second kappa shape index (κ2) is 9.56. The molecule has 0 saturated carbocycles. The molecule has 0 amide bonds. The number of thioether (sulfide) groups is 1. The SMILES string of the molecule is Cn1nnnc1SCCNCc1ccccc1OCc1cccc(Cl)c1. The molecule has 0 bridgehead atoms. The van der Waals surface area contributed by atoms with Crippen LogP contribution in [0.15, 0.2) is 53.7 Å². The van der Waals surface area contributed by atoms with Crippen LogP contribution in [0, 0.1) is 0 Å². The van der Waals surface area contributed by atoms with Gasteiger partial charge in [-0.15, -0.1) is 5.10 Å². The number of hydrogen-bond acceptors (Lipinski definition) is 6. The van der Waals surface area contributed by atoms with Gasteiger partial charge in [-0.25, -0.2) is 4.68 Å². The van der Waals surface area contributed by atoms with Gasteiger partial charge in [0.05, 0.1) is 0 Å². The van der Waals surface area contributed by atoms with E-state index in [9.17, 15) is 0 Å². The molecule has 1 aromatic heterocycles. The van der Waals surface area contributed by atoms with Gasteiger partial charge in [-0.2, -0.15) is 0 Å². The molecule has 0 unspecified atom stereocenters. The van der Waals surface area contributed by atoms with Crippen molar-refractivity contribution in [1.82, 2.24) is 25.5 Å². The third-order valence-electron chi connectivity index (χ3n) is 3.66. The highest BCUT2D eigenvalue weighted by Gasteiger charge is 2.05. The normalized spacial score (nSPS) is 10.8. The number of ether oxygens (including phenoxy) is 1. The Morgan fingerprint density at radius 3 is 2.88 bits per heavy atom. The topological polar surface area (TPSA) is 64.9 Å². The number of benzene rings is 2. The second-order valence-electron chi connectivity index (χ2n) is 5.64. The minimum Gasteiger partial charge on any atom is -0.489 e. The molecule has 2 aromatic carbocycles. The number of aryl methyl sites for hydroxylation is 1. The van der Waals surface area contributed by atoms with E-state index < -0.39 is 0 Å². The fraction of sp³-hybridized carbons (Fsp3) is 0.278. The third kappa shape index (κ3) is 5.45. The zero-order valence-electron chi connectivity index (χ0n) is 14.4. The summed E-state index contributed by atoms with van der Waals surface area (Å²) in [4.78, 5) is 0. The van der Waals surface area contributed by atoms with Gasteiger partial charge in [0.15, 0.2) is 0 Å². The molecule has 0 aliphatic carbocycles. The number of rotatable bonds is 9. The van der Waals surface area contributed by atoms with Crippen molar-refractivity contribution in [2.24, 2.45) is 7.05 Å². The lowest BCUT2D eigenvalue weighted by atomic mass is 10.2. The summed E-state index contributed by atoms with van der Waals surface area (Å²) >= 11 is 7.64. The molecular formula is C18H20ClN5OS. The molecule has 6 nitrogen and oxygen atoms in total. The van der Waals surface area contributed by atoms with E-state index in [1.165, 1.54) is 0 Å². The Bertz CT molecular complexity index is 842. The van der Waals surface area contributed by atoms with Crippen LogP contribution < -0.4 is 10.1 Å². The lowest BCUT2D eigenvalue weighted by Gasteiger charge is -2.12. The molecule has 1 N–H and O–H groups in total. The van der Waals surface area contributed by atoms with Crippen LogP contribution in [-0.4, -0.2) is 32.5 Å². The summed E-state index contributed by atoms with van der Waals surface area (Å²) < 4.78 is 7.65. The average Bonchev–Trinajstić information content (AvgIpc) is 3.05. The number of hydrogen-bond donors (Lipinski definition) is 1. The Kier molecular flexibility index (Phi) is 6.88. The molecule has 3 rings (SSSR count). The molecular weight excluding hydrogens is 370 g/mol. The van der Waals surface area contributed by atoms with Crippen molar-refractivity contribution in [2.75, 3.05) is 12.3 Å². The first kappa shape index (κ1) is 18.7. The first-order valence-corrected chi connectivity index (χ1v) is 9.60. The van der Waals surface area contributed by atoms with Gasteiger partial charge in [0.1, 0.15) is 12.4 Å². The fourth-order valence-electron chi connectivity index (χ4n) is 2.36. The van der Waals surface area contributed by atoms with Crippen LogP contribution in [-0.2, 0) is 20.2 Å². The molecule has 136 valence electrons. The van der Waals surface area contributed by atoms with E-state index in [2.05, 4.69) is 26.9 Å². The maximum Gasteiger partial charge on any atom is 0.209 e. The summed E-state index contributed by atoms with van der Waals surface area (Å²) in [6, 6.07) is 15.8. The van der Waals surface area contributed by atoms with Crippen LogP contribution in [0.4, 0.5) is 0 Å². The average molecular weight is 390 g/mol. The molecule has 0 saturated heterocycles. The molecule has 8 heteroatoms. The predicted octanol–water partition coefficient (Wildman–Crippen LogP) is 3.32. The van der Waals surface area contributed by atoms with E-state index in [1.807, 2.05) is 49.5 Å². The van der Waals surface area contributed by atoms with Crippen molar-refractivity contribution in [3.63, 3.8) is 0 Å². The first-order chi connectivity index (χ1) is 12.7. The quantitative estimate of drug-likeness (QED) is 0.447. The molecule has 0 radical (unpaired) electrons. The maximum atomic E-state index is 6.02. The predicted molar refractivity (Wildman–Crippen MR) is 103 cm³/mol. The van der Waals surface area contributed by atoms with Crippen molar-refractivity contribution < 1.29 is 4.74 Å². The molecule has 0 fully saturated rings. The van der Waals surface area contributed by atoms with Gasteiger partial charge in [0, 0.05) is 36.5 Å². The summed E-state index contributed by atoms with van der Waals surface area (Å²) in [7, 11) is 1.84. The van der Waals surface area contributed by atoms with Crippen molar-refractivity contribution in [3.8, 4) is 5.75 Å². The number of para-hydroxylation sites is 1. The fourth-order valence-corrected chi connectivity index (χ4v) is 3.32. The number of nitrogens with zero attached hydrogens (tertiary/aromatic N) is 4. The Morgan fingerprint density at radius 1 is 1.19 bits per heavy atom. The summed E-state index contributed by atoms with van der Waals surface area (Å²) in [6.45, 7) is 2.08. The van der Waals surface area contributed by atoms with Crippen molar-refractivity contribution >= 4 is 23.4 Å². The lowest BCUT2D eigenvalue weighted by Crippen LogP contribution is -2.17.